The molecule has 1 aliphatic rings. The molecule has 1 saturated heterocycles. The number of ether oxygens (including phenoxy) is 2. The molecule has 1 aromatic rings. The van der Waals surface area contributed by atoms with Gasteiger partial charge in [-0.15, -0.1) is 0 Å². The molecule has 1 aromatic carbocycles. The molecule has 0 aromatic heterocycles. The van der Waals surface area contributed by atoms with Gasteiger partial charge < -0.3 is 19.7 Å². The molecule has 7 heteroatoms. The van der Waals surface area contributed by atoms with Gasteiger partial charge in [0.15, 0.2) is 0 Å². The first-order chi connectivity index (χ1) is 11.6. The van der Waals surface area contributed by atoms with Crippen molar-refractivity contribution in [2.75, 3.05) is 40.0 Å². The second-order valence-corrected chi connectivity index (χ2v) is 5.69. The second-order valence-electron chi connectivity index (χ2n) is 5.69. The van der Waals surface area contributed by atoms with Crippen LogP contribution in [0.2, 0.25) is 0 Å². The number of methoxy groups -OCH3 is 1. The summed E-state index contributed by atoms with van der Waals surface area (Å²) >= 11 is 0. The van der Waals surface area contributed by atoms with Crippen LogP contribution >= 0.6 is 0 Å². The first-order valence-corrected chi connectivity index (χ1v) is 8.01. The number of hydrogen-bond acceptors (Lipinski definition) is 4. The van der Waals surface area contributed by atoms with Gasteiger partial charge in [-0.25, -0.2) is 4.39 Å². The van der Waals surface area contributed by atoms with Crippen molar-refractivity contribution < 1.29 is 23.5 Å². The smallest absolute Gasteiger partial charge is 0.253 e. The average Bonchev–Trinajstić information content (AvgIpc) is 2.59. The monoisotopic (exact) mass is 338 g/mol. The summed E-state index contributed by atoms with van der Waals surface area (Å²) in [5.74, 6) is -0.764. The Balaban J connectivity index is 1.73. The number of nitrogens with one attached hydrogen (secondary N) is 1. The molecule has 132 valence electrons. The highest BCUT2D eigenvalue weighted by atomic mass is 19.1. The van der Waals surface area contributed by atoms with Gasteiger partial charge in [-0.1, -0.05) is 6.07 Å². The van der Waals surface area contributed by atoms with E-state index >= 15 is 0 Å². The number of carbonyl (C=O) groups is 2. The highest BCUT2D eigenvalue weighted by Crippen LogP contribution is 2.14. The first-order valence-electron chi connectivity index (χ1n) is 8.01. The van der Waals surface area contributed by atoms with Crippen molar-refractivity contribution in [3.05, 3.63) is 35.6 Å². The van der Waals surface area contributed by atoms with Crippen LogP contribution < -0.4 is 5.32 Å². The quantitative estimate of drug-likeness (QED) is 0.759. The zero-order valence-corrected chi connectivity index (χ0v) is 13.8. The van der Waals surface area contributed by atoms with Crippen LogP contribution in [0.5, 0.6) is 0 Å². The van der Waals surface area contributed by atoms with Crippen molar-refractivity contribution in [1.29, 1.82) is 0 Å². The lowest BCUT2D eigenvalue weighted by Gasteiger charge is -2.32. The Morgan fingerprint density at radius 1 is 1.29 bits per heavy atom. The van der Waals surface area contributed by atoms with E-state index in [1.165, 1.54) is 18.2 Å². The van der Waals surface area contributed by atoms with Crippen molar-refractivity contribution >= 4 is 11.8 Å². The van der Waals surface area contributed by atoms with E-state index in [4.69, 9.17) is 9.47 Å². The maximum absolute atomic E-state index is 13.2. The molecule has 1 aliphatic heterocycles. The number of benzene rings is 1. The zero-order valence-electron chi connectivity index (χ0n) is 13.8. The SMILES string of the molecule is COCCOCC(=O)NC1CCN(C(=O)c2cccc(F)c2)CC1. The van der Waals surface area contributed by atoms with Crippen LogP contribution in [-0.4, -0.2) is 62.8 Å². The number of likely N-dealkylation sites (tertiary alicyclic amines) is 1. The van der Waals surface area contributed by atoms with Gasteiger partial charge in [-0.3, -0.25) is 9.59 Å². The minimum atomic E-state index is -0.420. The fourth-order valence-electron chi connectivity index (χ4n) is 2.61. The van der Waals surface area contributed by atoms with Gasteiger partial charge in [-0.05, 0) is 31.0 Å². The summed E-state index contributed by atoms with van der Waals surface area (Å²) in [4.78, 5) is 25.8. The summed E-state index contributed by atoms with van der Waals surface area (Å²) < 4.78 is 23.2. The van der Waals surface area contributed by atoms with Gasteiger partial charge in [0.2, 0.25) is 5.91 Å². The number of carbonyl (C=O) groups excluding carboxylic acids is 2. The minimum Gasteiger partial charge on any atom is -0.382 e. The Labute approximate surface area is 140 Å². The van der Waals surface area contributed by atoms with Crippen LogP contribution in [0, 0.1) is 5.82 Å². The third kappa shape index (κ3) is 5.58. The molecule has 6 nitrogen and oxygen atoms in total. The van der Waals surface area contributed by atoms with Crippen LogP contribution in [-0.2, 0) is 14.3 Å². The van der Waals surface area contributed by atoms with Crippen LogP contribution in [0.4, 0.5) is 4.39 Å². The molecular formula is C17H23FN2O4. The van der Waals surface area contributed by atoms with E-state index in [9.17, 15) is 14.0 Å². The third-order valence-electron chi connectivity index (χ3n) is 3.88. The zero-order chi connectivity index (χ0) is 17.4. The summed E-state index contributed by atoms with van der Waals surface area (Å²) in [6.07, 6.45) is 1.34. The van der Waals surface area contributed by atoms with E-state index in [2.05, 4.69) is 5.32 Å². The summed E-state index contributed by atoms with van der Waals surface area (Å²) in [7, 11) is 1.57. The Hall–Kier alpha value is -1.99. The molecule has 0 unspecified atom stereocenters. The molecule has 1 fully saturated rings. The molecule has 0 radical (unpaired) electrons. The lowest BCUT2D eigenvalue weighted by molar-refractivity contribution is -0.127. The van der Waals surface area contributed by atoms with Gasteiger partial charge in [0.1, 0.15) is 12.4 Å². The maximum Gasteiger partial charge on any atom is 0.253 e. The third-order valence-corrected chi connectivity index (χ3v) is 3.88. The molecule has 0 bridgehead atoms. The van der Waals surface area contributed by atoms with Crippen LogP contribution in [0.25, 0.3) is 0 Å². The molecule has 0 saturated carbocycles. The van der Waals surface area contributed by atoms with Gasteiger partial charge in [0.25, 0.3) is 5.91 Å². The maximum atomic E-state index is 13.2. The fraction of sp³-hybridized carbons (Fsp3) is 0.529. The molecule has 0 aliphatic carbocycles. The van der Waals surface area contributed by atoms with Crippen molar-refractivity contribution in [1.82, 2.24) is 10.2 Å². The number of amides is 2. The van der Waals surface area contributed by atoms with Crippen molar-refractivity contribution in [2.45, 2.75) is 18.9 Å². The Morgan fingerprint density at radius 3 is 2.71 bits per heavy atom. The van der Waals surface area contributed by atoms with E-state index < -0.39 is 5.82 Å². The predicted octanol–water partition coefficient (Wildman–Crippen LogP) is 1.21. The van der Waals surface area contributed by atoms with Gasteiger partial charge in [0, 0.05) is 31.8 Å². The summed E-state index contributed by atoms with van der Waals surface area (Å²) in [6.45, 7) is 1.90. The Kier molecular flexibility index (Phi) is 7.14. The van der Waals surface area contributed by atoms with Crippen molar-refractivity contribution in [2.24, 2.45) is 0 Å². The predicted molar refractivity (Wildman–Crippen MR) is 86.2 cm³/mol. The lowest BCUT2D eigenvalue weighted by atomic mass is 10.0. The summed E-state index contributed by atoms with van der Waals surface area (Å²) in [5, 5.41) is 2.90. The van der Waals surface area contributed by atoms with Crippen molar-refractivity contribution in [3.63, 3.8) is 0 Å². The number of hydrogen-bond donors (Lipinski definition) is 1. The van der Waals surface area contributed by atoms with E-state index in [0.717, 1.165) is 0 Å². The van der Waals surface area contributed by atoms with Crippen molar-refractivity contribution in [3.8, 4) is 0 Å². The average molecular weight is 338 g/mol. The normalized spacial score (nSPS) is 15.3. The Morgan fingerprint density at radius 2 is 2.04 bits per heavy atom. The second kappa shape index (κ2) is 9.34. The number of rotatable bonds is 7. The summed E-state index contributed by atoms with van der Waals surface area (Å²) in [6, 6.07) is 5.72. The van der Waals surface area contributed by atoms with Crippen LogP contribution in [0.15, 0.2) is 24.3 Å². The lowest BCUT2D eigenvalue weighted by Crippen LogP contribution is -2.47. The first kappa shape index (κ1) is 18.4. The van der Waals surface area contributed by atoms with Crippen LogP contribution in [0.1, 0.15) is 23.2 Å². The summed E-state index contributed by atoms with van der Waals surface area (Å²) in [5.41, 5.74) is 0.351. The Bertz CT molecular complexity index is 559. The number of nitrogens with zero attached hydrogens (tertiary/aromatic N) is 1. The van der Waals surface area contributed by atoms with E-state index in [-0.39, 0.29) is 24.5 Å². The molecule has 2 rings (SSSR count). The van der Waals surface area contributed by atoms with Gasteiger partial charge >= 0.3 is 0 Å². The molecular weight excluding hydrogens is 315 g/mol. The van der Waals surface area contributed by atoms with Crippen LogP contribution in [0.3, 0.4) is 0 Å². The van der Waals surface area contributed by atoms with E-state index in [1.807, 2.05) is 0 Å². The highest BCUT2D eigenvalue weighted by molar-refractivity contribution is 5.94. The fourth-order valence-corrected chi connectivity index (χ4v) is 2.61. The topological polar surface area (TPSA) is 67.9 Å². The molecule has 24 heavy (non-hydrogen) atoms. The number of halogens is 1. The number of piperidine rings is 1. The molecule has 1 N–H and O–H groups in total. The molecule has 1 heterocycles. The van der Waals surface area contributed by atoms with Gasteiger partial charge in [0.05, 0.1) is 13.2 Å². The molecule has 2 amide bonds. The van der Waals surface area contributed by atoms with E-state index in [0.29, 0.717) is 44.7 Å². The minimum absolute atomic E-state index is 0.00575. The largest absolute Gasteiger partial charge is 0.382 e. The highest BCUT2D eigenvalue weighted by Gasteiger charge is 2.24. The standard InChI is InChI=1S/C17H23FN2O4/c1-23-9-10-24-12-16(21)19-15-5-7-20(8-6-15)17(22)13-3-2-4-14(18)11-13/h2-4,11,15H,5-10,12H2,1H3,(H,19,21). The van der Waals surface area contributed by atoms with E-state index in [1.54, 1.807) is 18.1 Å². The molecule has 0 spiro atoms. The molecule has 0 atom stereocenters. The van der Waals surface area contributed by atoms with Gasteiger partial charge in [-0.2, -0.15) is 0 Å².